The number of hydrogen-bond donors (Lipinski definition) is 2. The maximum absolute atomic E-state index is 12.2. The van der Waals surface area contributed by atoms with E-state index in [9.17, 15) is 4.79 Å². The average molecular weight is 399 g/mol. The molecule has 0 saturated carbocycles. The molecule has 0 unspecified atom stereocenters. The SMILES string of the molecule is CC(C)c1ncnn1-c1nc2c(s1)CCOc1cc(C(=O)NCCO)ccc1-2. The first-order valence-electron chi connectivity index (χ1n) is 9.14. The molecular formula is C19H21N5O3S. The number of amides is 1. The number of nitrogens with one attached hydrogen (secondary N) is 1. The van der Waals surface area contributed by atoms with E-state index in [1.165, 1.54) is 0 Å². The highest BCUT2D eigenvalue weighted by Crippen LogP contribution is 2.39. The molecule has 0 saturated heterocycles. The summed E-state index contributed by atoms with van der Waals surface area (Å²) in [6.07, 6.45) is 2.29. The first-order valence-corrected chi connectivity index (χ1v) is 9.96. The molecule has 146 valence electrons. The molecule has 2 N–H and O–H groups in total. The lowest BCUT2D eigenvalue weighted by atomic mass is 10.1. The molecular weight excluding hydrogens is 378 g/mol. The fourth-order valence-electron chi connectivity index (χ4n) is 3.11. The molecule has 9 heteroatoms. The molecule has 1 aliphatic heterocycles. The predicted octanol–water partition coefficient (Wildman–Crippen LogP) is 2.17. The van der Waals surface area contributed by atoms with Crippen LogP contribution in [0.5, 0.6) is 5.75 Å². The van der Waals surface area contributed by atoms with E-state index in [1.807, 2.05) is 6.07 Å². The zero-order valence-corrected chi connectivity index (χ0v) is 16.5. The number of rotatable bonds is 5. The first-order chi connectivity index (χ1) is 13.6. The van der Waals surface area contributed by atoms with Crippen molar-refractivity contribution >= 4 is 17.2 Å². The van der Waals surface area contributed by atoms with Crippen LogP contribution in [-0.4, -0.2) is 50.5 Å². The molecule has 2 aromatic heterocycles. The third-order valence-corrected chi connectivity index (χ3v) is 5.53. The van der Waals surface area contributed by atoms with E-state index in [2.05, 4.69) is 29.2 Å². The van der Waals surface area contributed by atoms with Gasteiger partial charge in [-0.1, -0.05) is 25.2 Å². The normalized spacial score (nSPS) is 12.9. The van der Waals surface area contributed by atoms with E-state index in [1.54, 1.807) is 34.5 Å². The Balaban J connectivity index is 1.72. The van der Waals surface area contributed by atoms with Crippen LogP contribution >= 0.6 is 11.3 Å². The maximum Gasteiger partial charge on any atom is 0.251 e. The predicted molar refractivity (Wildman–Crippen MR) is 105 cm³/mol. The van der Waals surface area contributed by atoms with E-state index in [-0.39, 0.29) is 25.0 Å². The summed E-state index contributed by atoms with van der Waals surface area (Å²) >= 11 is 1.59. The van der Waals surface area contributed by atoms with Crippen molar-refractivity contribution in [3.63, 3.8) is 0 Å². The molecule has 1 aliphatic rings. The lowest BCUT2D eigenvalue weighted by molar-refractivity contribution is 0.0944. The van der Waals surface area contributed by atoms with Gasteiger partial charge in [0.05, 0.1) is 18.9 Å². The Bertz CT molecular complexity index is 1010. The van der Waals surface area contributed by atoms with Crippen LogP contribution in [0.15, 0.2) is 24.5 Å². The fourth-order valence-corrected chi connectivity index (χ4v) is 4.13. The van der Waals surface area contributed by atoms with Crippen LogP contribution in [0.3, 0.4) is 0 Å². The van der Waals surface area contributed by atoms with Gasteiger partial charge < -0.3 is 15.2 Å². The molecule has 0 radical (unpaired) electrons. The molecule has 8 nitrogen and oxygen atoms in total. The lowest BCUT2D eigenvalue weighted by Gasteiger charge is -2.10. The highest BCUT2D eigenvalue weighted by molar-refractivity contribution is 7.14. The van der Waals surface area contributed by atoms with E-state index in [0.717, 1.165) is 33.5 Å². The minimum Gasteiger partial charge on any atom is -0.492 e. The molecule has 0 atom stereocenters. The number of thiazole rings is 1. The van der Waals surface area contributed by atoms with Crippen molar-refractivity contribution < 1.29 is 14.6 Å². The molecule has 0 aliphatic carbocycles. The van der Waals surface area contributed by atoms with Crippen molar-refractivity contribution in [3.05, 3.63) is 40.8 Å². The van der Waals surface area contributed by atoms with Crippen LogP contribution < -0.4 is 10.1 Å². The molecule has 0 spiro atoms. The highest BCUT2D eigenvalue weighted by Gasteiger charge is 2.23. The average Bonchev–Trinajstić information content (AvgIpc) is 3.30. The van der Waals surface area contributed by atoms with Crippen LogP contribution in [0.2, 0.25) is 0 Å². The maximum atomic E-state index is 12.2. The highest BCUT2D eigenvalue weighted by atomic mass is 32.1. The van der Waals surface area contributed by atoms with Gasteiger partial charge in [-0.3, -0.25) is 4.79 Å². The van der Waals surface area contributed by atoms with Gasteiger partial charge in [-0.15, -0.1) is 0 Å². The number of nitrogens with zero attached hydrogens (tertiary/aromatic N) is 4. The van der Waals surface area contributed by atoms with Crippen LogP contribution in [0.25, 0.3) is 16.4 Å². The number of benzene rings is 1. The zero-order valence-electron chi connectivity index (χ0n) is 15.7. The van der Waals surface area contributed by atoms with E-state index in [0.29, 0.717) is 17.9 Å². The quantitative estimate of drug-likeness (QED) is 0.682. The first kappa shape index (κ1) is 18.6. The number of aliphatic hydroxyl groups is 1. The van der Waals surface area contributed by atoms with Crippen molar-refractivity contribution in [2.75, 3.05) is 19.8 Å². The topological polar surface area (TPSA) is 102 Å². The van der Waals surface area contributed by atoms with E-state index >= 15 is 0 Å². The van der Waals surface area contributed by atoms with Crippen molar-refractivity contribution in [1.29, 1.82) is 0 Å². The summed E-state index contributed by atoms with van der Waals surface area (Å²) in [5, 5.41) is 16.7. The van der Waals surface area contributed by atoms with Gasteiger partial charge in [0, 0.05) is 34.9 Å². The lowest BCUT2D eigenvalue weighted by Crippen LogP contribution is -2.26. The summed E-state index contributed by atoms with van der Waals surface area (Å²) in [7, 11) is 0. The van der Waals surface area contributed by atoms with Gasteiger partial charge in [-0.2, -0.15) is 9.78 Å². The van der Waals surface area contributed by atoms with Crippen LogP contribution in [-0.2, 0) is 6.42 Å². The number of carbonyl (C=O) groups excluding carboxylic acids is 1. The third kappa shape index (κ3) is 3.38. The zero-order chi connectivity index (χ0) is 19.7. The number of carbonyl (C=O) groups is 1. The van der Waals surface area contributed by atoms with E-state index in [4.69, 9.17) is 14.8 Å². The number of ether oxygens (including phenoxy) is 1. The molecule has 0 fully saturated rings. The van der Waals surface area contributed by atoms with Gasteiger partial charge in [0.25, 0.3) is 5.91 Å². The second-order valence-corrected chi connectivity index (χ2v) is 7.80. The Morgan fingerprint density at radius 1 is 1.43 bits per heavy atom. The molecule has 1 amide bonds. The van der Waals surface area contributed by atoms with Gasteiger partial charge in [0.1, 0.15) is 17.9 Å². The van der Waals surface area contributed by atoms with Gasteiger partial charge >= 0.3 is 0 Å². The summed E-state index contributed by atoms with van der Waals surface area (Å²) in [4.78, 5) is 22.5. The van der Waals surface area contributed by atoms with Crippen molar-refractivity contribution in [2.45, 2.75) is 26.2 Å². The Morgan fingerprint density at radius 2 is 2.29 bits per heavy atom. The molecule has 4 rings (SSSR count). The number of fused-ring (bicyclic) bond motifs is 3. The Kier molecular flexibility index (Phi) is 5.10. The standard InChI is InChI=1S/C19H21N5O3S/c1-11(2)17-21-10-22-24(17)19-23-16-13-4-3-12(18(26)20-6-7-25)9-14(13)27-8-5-15(16)28-19/h3-4,9-11,25H,5-8H2,1-2H3,(H,20,26). The molecule has 1 aromatic carbocycles. The summed E-state index contributed by atoms with van der Waals surface area (Å²) < 4.78 is 7.67. The largest absolute Gasteiger partial charge is 0.492 e. The van der Waals surface area contributed by atoms with Gasteiger partial charge in [-0.25, -0.2) is 9.97 Å². The summed E-state index contributed by atoms with van der Waals surface area (Å²) in [5.74, 6) is 1.50. The monoisotopic (exact) mass is 399 g/mol. The summed E-state index contributed by atoms with van der Waals surface area (Å²) in [6.45, 7) is 4.78. The van der Waals surface area contributed by atoms with Crippen LogP contribution in [0.4, 0.5) is 0 Å². The van der Waals surface area contributed by atoms with Gasteiger partial charge in [0.2, 0.25) is 5.13 Å². The molecule has 28 heavy (non-hydrogen) atoms. The van der Waals surface area contributed by atoms with E-state index < -0.39 is 0 Å². The number of hydrogen-bond acceptors (Lipinski definition) is 7. The minimum absolute atomic E-state index is 0.0984. The summed E-state index contributed by atoms with van der Waals surface area (Å²) in [5.41, 5.74) is 2.21. The number of aromatic nitrogens is 4. The summed E-state index contributed by atoms with van der Waals surface area (Å²) in [6, 6.07) is 5.34. The van der Waals surface area contributed by atoms with Crippen molar-refractivity contribution in [2.24, 2.45) is 0 Å². The smallest absolute Gasteiger partial charge is 0.251 e. The van der Waals surface area contributed by atoms with Gasteiger partial charge in [0.15, 0.2) is 0 Å². The Morgan fingerprint density at radius 3 is 3.07 bits per heavy atom. The third-order valence-electron chi connectivity index (χ3n) is 4.44. The second kappa shape index (κ2) is 7.69. The molecule has 3 heterocycles. The van der Waals surface area contributed by atoms with Crippen LogP contribution in [0, 0.1) is 0 Å². The Labute approximate surface area is 166 Å². The molecule has 3 aromatic rings. The van der Waals surface area contributed by atoms with Crippen molar-refractivity contribution in [1.82, 2.24) is 25.1 Å². The van der Waals surface area contributed by atoms with Crippen LogP contribution in [0.1, 0.15) is 40.8 Å². The Hall–Kier alpha value is -2.78. The number of aliphatic hydroxyl groups excluding tert-OH is 1. The second-order valence-electron chi connectivity index (χ2n) is 6.74. The van der Waals surface area contributed by atoms with Gasteiger partial charge in [-0.05, 0) is 18.2 Å². The fraction of sp³-hybridized carbons (Fsp3) is 0.368. The molecule has 0 bridgehead atoms. The minimum atomic E-state index is -0.243. The van der Waals surface area contributed by atoms with Crippen molar-refractivity contribution in [3.8, 4) is 22.1 Å².